The second kappa shape index (κ2) is 34.7. The van der Waals surface area contributed by atoms with Gasteiger partial charge in [0.15, 0.2) is 44.0 Å². The topological polar surface area (TPSA) is 615 Å². The van der Waals surface area contributed by atoms with Gasteiger partial charge in [0.05, 0.1) is 70.2 Å². The van der Waals surface area contributed by atoms with E-state index in [4.69, 9.17) is 66.3 Å². The molecule has 7 aliphatic heterocycles. The third-order valence-corrected chi connectivity index (χ3v) is 26.7. The molecule has 0 aromatic carbocycles. The van der Waals surface area contributed by atoms with E-state index < -0.39 is 295 Å². The van der Waals surface area contributed by atoms with Crippen LogP contribution < -0.4 is 0 Å². The Morgan fingerprint density at radius 2 is 0.872 bits per heavy atom. The first kappa shape index (κ1) is 88.0. The zero-order valence-corrected chi connectivity index (χ0v) is 62.3. The largest absolute Gasteiger partial charge is 0.394 e. The van der Waals surface area contributed by atoms with Crippen LogP contribution in [0.1, 0.15) is 107 Å². The normalized spacial score (nSPS) is 52.3. The molecule has 24 N–H and O–H groups in total. The Bertz CT molecular complexity index is 2950. The maximum absolute atomic E-state index is 13.0. The predicted molar refractivity (Wildman–Crippen MR) is 360 cm³/mol. The van der Waals surface area contributed by atoms with Crippen molar-refractivity contribution in [2.45, 2.75) is 340 Å². The van der Waals surface area contributed by atoms with Crippen LogP contribution in [0, 0.1) is 45.3 Å². The first-order valence-electron chi connectivity index (χ1n) is 38.0. The minimum Gasteiger partial charge on any atom is -0.394 e. The molecule has 0 radical (unpaired) electrons. The average molecular weight is 1580 g/mol. The molecule has 632 valence electrons. The van der Waals surface area contributed by atoms with Gasteiger partial charge >= 0.3 is 0 Å². The SMILES string of the molecule is C[C@H](CC[C@@H](O[C@@H]1O[C@H](CO[C@H]2O[C@H](CO[C@H]3O[C@H](CO)[C@@H](O)[C@H](O)[C@H]3O)[C@@H](O)[C@H](O)[C@H]2O)[C@@H](O[C@H]2OC[C@@H](O)[C@H](O)[C@H]2O)[C@H](O)[C@H]1O[C@H]1O[C@@H](CO)[C@H](O)[C@@H](O)[C@@H]1O)C(C)(C)O)C1CC[C@@]2(C)C3CC=C4C(CC[C@H](O[C@@H]5O[C@H](CO[C@H]6O[C@H](CO)[C@@H](O)[C@H](O)[C@H]6O)[C@@H](O)[C@H](O)[C@H]5O)C4(C)C)[C@]3(C)[C@H](O)C[C@]12C. The van der Waals surface area contributed by atoms with E-state index >= 15 is 0 Å². The number of aliphatic hydroxyl groups is 24. The first-order chi connectivity index (χ1) is 51.1. The summed E-state index contributed by atoms with van der Waals surface area (Å²) in [5.41, 5.74) is -2.98. The highest BCUT2D eigenvalue weighted by Gasteiger charge is 2.71. The molecule has 3 saturated carbocycles. The van der Waals surface area contributed by atoms with E-state index in [9.17, 15) is 123 Å². The fourth-order valence-corrected chi connectivity index (χ4v) is 19.6. The van der Waals surface area contributed by atoms with Crippen molar-refractivity contribution in [1.29, 1.82) is 0 Å². The van der Waals surface area contributed by atoms with Crippen LogP contribution in [0.4, 0.5) is 0 Å². The first-order valence-corrected chi connectivity index (χ1v) is 38.0. The zero-order valence-electron chi connectivity index (χ0n) is 62.3. The maximum Gasteiger partial charge on any atom is 0.187 e. The van der Waals surface area contributed by atoms with Gasteiger partial charge in [-0.1, -0.05) is 53.2 Å². The summed E-state index contributed by atoms with van der Waals surface area (Å²) >= 11 is 0. The lowest BCUT2D eigenvalue weighted by Crippen LogP contribution is -2.67. The molecule has 7 saturated heterocycles. The maximum atomic E-state index is 13.0. The third kappa shape index (κ3) is 16.7. The van der Waals surface area contributed by atoms with E-state index in [-0.39, 0.29) is 35.5 Å². The minimum absolute atomic E-state index is 0.0327. The molecule has 10 fully saturated rings. The van der Waals surface area contributed by atoms with E-state index in [2.05, 4.69) is 33.8 Å². The lowest BCUT2D eigenvalue weighted by Gasteiger charge is -2.67. The van der Waals surface area contributed by atoms with Gasteiger partial charge < -0.3 is 189 Å². The standard InChI is InChI=1S/C71H120O38/c1-25(26-15-16-69(6)36-12-10-27-28(71(36,8)37(76)17-70(26,69)7)11-14-38(67(27,2)3)106-64-55(92)50(87)45(82)34(104-64)23-98-61-53(90)47(84)42(79)31(19-73)101-61)9-13-39(68(4,5)95)107-66-59(109-65-56(93)48(85)43(80)32(20-74)102-65)57(94)58(108-63-51(88)40(77)29(75)21-96-63)35(105-66)24-99-62-54(91)49(86)44(81)33(103-62)22-97-60-52(89)46(83)41(78)30(18-72)100-60/h10,25-26,28-66,72-95H,9,11-24H2,1-8H3/t25-,26?,28?,29-,30-,31-,32+,33-,34-,35-,36?,37-,38+,39-,40+,41-,42-,43+,44-,45-,46+,47+,48-,49+,50+,51-,52-,53-,54-,55-,56+,57+,58-,59-,60+,61+,62+,63-,64+,65-,66+,69+,70-,71+/m1/s1. The van der Waals surface area contributed by atoms with Gasteiger partial charge in [0.1, 0.15) is 165 Å². The van der Waals surface area contributed by atoms with Gasteiger partial charge in [-0.05, 0) is 99.7 Å². The molecule has 11 aliphatic rings. The Kier molecular flexibility index (Phi) is 28.0. The predicted octanol–water partition coefficient (Wildman–Crippen LogP) is -9.12. The molecule has 44 atom stereocenters. The summed E-state index contributed by atoms with van der Waals surface area (Å²) in [6, 6.07) is 0. The summed E-state index contributed by atoms with van der Waals surface area (Å²) < 4.78 is 83.8. The lowest BCUT2D eigenvalue weighted by molar-refractivity contribution is -0.395. The number of ether oxygens (including phenoxy) is 14. The molecule has 0 amide bonds. The van der Waals surface area contributed by atoms with Gasteiger partial charge in [-0.3, -0.25) is 0 Å². The van der Waals surface area contributed by atoms with Crippen LogP contribution >= 0.6 is 0 Å². The van der Waals surface area contributed by atoms with E-state index in [1.54, 1.807) is 0 Å². The molecular weight excluding hydrogens is 1460 g/mol. The second-order valence-corrected chi connectivity index (χ2v) is 33.9. The summed E-state index contributed by atoms with van der Waals surface area (Å²) in [7, 11) is 0. The van der Waals surface area contributed by atoms with Crippen molar-refractivity contribution >= 4 is 0 Å². The van der Waals surface area contributed by atoms with Gasteiger partial charge in [-0.25, -0.2) is 0 Å². The van der Waals surface area contributed by atoms with Crippen LogP contribution in [0.2, 0.25) is 0 Å². The fourth-order valence-electron chi connectivity index (χ4n) is 19.6. The monoisotopic (exact) mass is 1580 g/mol. The van der Waals surface area contributed by atoms with Gasteiger partial charge in [0, 0.05) is 10.8 Å². The van der Waals surface area contributed by atoms with Crippen molar-refractivity contribution in [2.24, 2.45) is 45.3 Å². The van der Waals surface area contributed by atoms with Crippen molar-refractivity contribution in [2.75, 3.05) is 46.2 Å². The molecular formula is C71H120O38. The Morgan fingerprint density at radius 1 is 0.450 bits per heavy atom. The molecule has 109 heavy (non-hydrogen) atoms. The number of aliphatic hydroxyl groups excluding tert-OH is 23. The Labute approximate surface area is 629 Å². The van der Waals surface area contributed by atoms with Crippen LogP contribution in [-0.2, 0) is 66.3 Å². The molecule has 38 nitrogen and oxygen atoms in total. The molecule has 0 aromatic rings. The minimum atomic E-state index is -2.15. The van der Waals surface area contributed by atoms with Crippen molar-refractivity contribution in [3.63, 3.8) is 0 Å². The number of hydrogen-bond donors (Lipinski definition) is 24. The molecule has 7 heterocycles. The van der Waals surface area contributed by atoms with E-state index in [1.807, 2.05) is 13.8 Å². The third-order valence-electron chi connectivity index (χ3n) is 26.7. The van der Waals surface area contributed by atoms with Gasteiger partial charge in [0.2, 0.25) is 0 Å². The Hall–Kier alpha value is -1.78. The Morgan fingerprint density at radius 3 is 1.37 bits per heavy atom. The van der Waals surface area contributed by atoms with Crippen LogP contribution in [0.15, 0.2) is 11.6 Å². The summed E-state index contributed by atoms with van der Waals surface area (Å²) in [6.07, 6.45) is -57.5. The highest BCUT2D eigenvalue weighted by molar-refractivity contribution is 5.32. The average Bonchev–Trinajstić information content (AvgIpc) is 1.58. The summed E-state index contributed by atoms with van der Waals surface area (Å²) in [5.74, 6) is -0.360. The summed E-state index contributed by atoms with van der Waals surface area (Å²) in [5, 5.41) is 263. The van der Waals surface area contributed by atoms with Crippen molar-refractivity contribution in [3.05, 3.63) is 11.6 Å². The quantitative estimate of drug-likeness (QED) is 0.0378. The zero-order chi connectivity index (χ0) is 80.0. The molecule has 0 bridgehead atoms. The van der Waals surface area contributed by atoms with Crippen LogP contribution in [-0.4, -0.2) is 402 Å². The number of fused-ring (bicyclic) bond motifs is 5. The van der Waals surface area contributed by atoms with Crippen molar-refractivity contribution in [3.8, 4) is 0 Å². The number of hydrogen-bond acceptors (Lipinski definition) is 38. The molecule has 38 heteroatoms. The molecule has 11 rings (SSSR count). The molecule has 0 spiro atoms. The smallest absolute Gasteiger partial charge is 0.187 e. The number of allylic oxidation sites excluding steroid dienone is 1. The Balaban J connectivity index is 0.807. The van der Waals surface area contributed by atoms with Gasteiger partial charge in [-0.2, -0.15) is 0 Å². The van der Waals surface area contributed by atoms with Crippen LogP contribution in [0.25, 0.3) is 0 Å². The van der Waals surface area contributed by atoms with Crippen molar-refractivity contribution < 1.29 is 189 Å². The van der Waals surface area contributed by atoms with Crippen molar-refractivity contribution in [1.82, 2.24) is 0 Å². The molecule has 4 aliphatic carbocycles. The molecule has 0 aromatic heterocycles. The molecule has 3 unspecified atom stereocenters. The van der Waals surface area contributed by atoms with E-state index in [1.165, 1.54) is 13.8 Å². The summed E-state index contributed by atoms with van der Waals surface area (Å²) in [6.45, 7) is 10.5. The summed E-state index contributed by atoms with van der Waals surface area (Å²) in [4.78, 5) is 0. The number of rotatable bonds is 25. The fraction of sp³-hybridized carbons (Fsp3) is 0.972. The van der Waals surface area contributed by atoms with Gasteiger partial charge in [-0.15, -0.1) is 0 Å². The highest BCUT2D eigenvalue weighted by Crippen LogP contribution is 2.75. The second-order valence-electron chi connectivity index (χ2n) is 33.9. The van der Waals surface area contributed by atoms with E-state index in [0.29, 0.717) is 32.1 Å². The highest BCUT2D eigenvalue weighted by atomic mass is 16.8. The van der Waals surface area contributed by atoms with Crippen LogP contribution in [0.3, 0.4) is 0 Å². The lowest BCUT2D eigenvalue weighted by atomic mass is 9.38. The van der Waals surface area contributed by atoms with E-state index in [0.717, 1.165) is 18.4 Å². The van der Waals surface area contributed by atoms with Gasteiger partial charge in [0.25, 0.3) is 0 Å². The van der Waals surface area contributed by atoms with Crippen LogP contribution in [0.5, 0.6) is 0 Å².